The number of amides is 1. The van der Waals surface area contributed by atoms with Gasteiger partial charge in [-0.3, -0.25) is 22.5 Å². The van der Waals surface area contributed by atoms with Crippen LogP contribution in [0, 0.1) is 0 Å². The van der Waals surface area contributed by atoms with E-state index >= 15 is 0 Å². The maximum atomic E-state index is 13.3. The molecule has 1 aliphatic heterocycles. The molecule has 0 fully saturated rings. The molecule has 7 nitrogen and oxygen atoms in total. The zero-order valence-corrected chi connectivity index (χ0v) is 18.7. The number of pyridine rings is 1. The van der Waals surface area contributed by atoms with E-state index in [1.807, 2.05) is 48.5 Å². The number of nitrogens with one attached hydrogen (secondary N) is 1. The fourth-order valence-electron chi connectivity index (χ4n) is 4.03. The van der Waals surface area contributed by atoms with E-state index in [4.69, 9.17) is 3.07 Å². The number of H-pyrrole nitrogens is 1. The standard InChI is InChI=1S/C23H17IN4O3/c1-23(31-24)18-8-4-5-9-20(18)28(22(23)30)15-10-14(12-25-13-15)11-19-16-6-2-3-7-17(16)21(29)27-26-19/h2-10,12-13H,11H2,1H3,(H,27,29)/t23-/m0/s1. The smallest absolute Gasteiger partial charge is 0.272 e. The van der Waals surface area contributed by atoms with E-state index in [-0.39, 0.29) is 11.5 Å². The van der Waals surface area contributed by atoms with Gasteiger partial charge in [-0.1, -0.05) is 36.4 Å². The number of hydrogen-bond donors (Lipinski definition) is 1. The second kappa shape index (κ2) is 7.54. The molecule has 8 heteroatoms. The molecule has 2 aromatic heterocycles. The monoisotopic (exact) mass is 524 g/mol. The van der Waals surface area contributed by atoms with Crippen molar-refractivity contribution in [3.8, 4) is 0 Å². The fraction of sp³-hybridized carbons (Fsp3) is 0.130. The van der Waals surface area contributed by atoms with Crippen LogP contribution in [0.4, 0.5) is 11.4 Å². The highest BCUT2D eigenvalue weighted by atomic mass is 127. The summed E-state index contributed by atoms with van der Waals surface area (Å²) >= 11 is 1.78. The van der Waals surface area contributed by atoms with E-state index in [1.54, 1.807) is 53.3 Å². The lowest BCUT2D eigenvalue weighted by molar-refractivity contribution is -0.128. The van der Waals surface area contributed by atoms with Gasteiger partial charge in [-0.05, 0) is 30.7 Å². The minimum Gasteiger partial charge on any atom is -0.294 e. The Balaban J connectivity index is 1.56. The minimum atomic E-state index is -1.07. The Bertz CT molecular complexity index is 1390. The van der Waals surface area contributed by atoms with Crippen LogP contribution in [0.3, 0.4) is 0 Å². The Kier molecular flexibility index (Phi) is 4.82. The summed E-state index contributed by atoms with van der Waals surface area (Å²) in [4.78, 5) is 31.4. The first kappa shape index (κ1) is 19.8. The zero-order valence-electron chi connectivity index (χ0n) is 16.5. The van der Waals surface area contributed by atoms with E-state index in [0.717, 1.165) is 27.9 Å². The number of hydrogen-bond acceptors (Lipinski definition) is 5. The lowest BCUT2D eigenvalue weighted by Gasteiger charge is -2.21. The normalized spacial score (nSPS) is 17.9. The molecule has 1 aliphatic rings. The summed E-state index contributed by atoms with van der Waals surface area (Å²) in [7, 11) is 0. The summed E-state index contributed by atoms with van der Waals surface area (Å²) in [6, 6.07) is 16.9. The van der Waals surface area contributed by atoms with E-state index in [0.29, 0.717) is 17.5 Å². The molecular weight excluding hydrogens is 507 g/mol. The second-order valence-corrected chi connectivity index (χ2v) is 7.98. The molecule has 1 atom stereocenters. The number of fused-ring (bicyclic) bond motifs is 2. The van der Waals surface area contributed by atoms with Crippen LogP contribution in [0.25, 0.3) is 10.8 Å². The molecule has 0 spiro atoms. The molecule has 1 N–H and O–H groups in total. The van der Waals surface area contributed by atoms with Crippen molar-refractivity contribution in [2.24, 2.45) is 0 Å². The van der Waals surface area contributed by atoms with Crippen molar-refractivity contribution in [1.29, 1.82) is 0 Å². The van der Waals surface area contributed by atoms with Gasteiger partial charge in [0.1, 0.15) is 23.0 Å². The highest BCUT2D eigenvalue weighted by Crippen LogP contribution is 2.46. The highest BCUT2D eigenvalue weighted by Gasteiger charge is 2.49. The zero-order chi connectivity index (χ0) is 21.6. The summed E-state index contributed by atoms with van der Waals surface area (Å²) in [6.45, 7) is 1.77. The first-order chi connectivity index (χ1) is 15.0. The van der Waals surface area contributed by atoms with Gasteiger partial charge < -0.3 is 0 Å². The van der Waals surface area contributed by atoms with Crippen LogP contribution >= 0.6 is 23.0 Å². The Labute approximate surface area is 191 Å². The predicted octanol–water partition coefficient (Wildman–Crippen LogP) is 4.17. The molecule has 0 saturated carbocycles. The third kappa shape index (κ3) is 3.14. The number of halogens is 1. The van der Waals surface area contributed by atoms with Crippen molar-refractivity contribution in [2.75, 3.05) is 4.90 Å². The van der Waals surface area contributed by atoms with Crippen LogP contribution in [0.2, 0.25) is 0 Å². The molecule has 0 unspecified atom stereocenters. The Morgan fingerprint density at radius 3 is 2.61 bits per heavy atom. The molecule has 0 saturated heterocycles. The number of rotatable bonds is 4. The number of carbonyl (C=O) groups excluding carboxylic acids is 1. The molecule has 0 aliphatic carbocycles. The van der Waals surface area contributed by atoms with Gasteiger partial charge in [-0.15, -0.1) is 0 Å². The summed E-state index contributed by atoms with van der Waals surface area (Å²) < 4.78 is 5.59. The lowest BCUT2D eigenvalue weighted by atomic mass is 9.98. The Morgan fingerprint density at radius 1 is 1.06 bits per heavy atom. The molecule has 5 rings (SSSR count). The van der Waals surface area contributed by atoms with Gasteiger partial charge in [0, 0.05) is 23.6 Å². The van der Waals surface area contributed by atoms with Crippen molar-refractivity contribution in [3.05, 3.63) is 94.2 Å². The van der Waals surface area contributed by atoms with Gasteiger partial charge in [-0.25, -0.2) is 5.10 Å². The molecule has 2 aromatic carbocycles. The van der Waals surface area contributed by atoms with Crippen LogP contribution in [0.5, 0.6) is 0 Å². The average molecular weight is 524 g/mol. The van der Waals surface area contributed by atoms with Crippen molar-refractivity contribution < 1.29 is 7.86 Å². The number of anilines is 2. The first-order valence-electron chi connectivity index (χ1n) is 9.67. The van der Waals surface area contributed by atoms with Crippen molar-refractivity contribution in [1.82, 2.24) is 15.2 Å². The number of para-hydroxylation sites is 1. The van der Waals surface area contributed by atoms with Gasteiger partial charge >= 0.3 is 0 Å². The largest absolute Gasteiger partial charge is 0.294 e. The maximum absolute atomic E-state index is 13.3. The van der Waals surface area contributed by atoms with Gasteiger partial charge in [0.25, 0.3) is 11.5 Å². The fourth-order valence-corrected chi connectivity index (χ4v) is 4.46. The topological polar surface area (TPSA) is 88.2 Å². The predicted molar refractivity (Wildman–Crippen MR) is 125 cm³/mol. The Hall–Kier alpha value is -3.11. The van der Waals surface area contributed by atoms with Crippen LogP contribution in [-0.4, -0.2) is 21.1 Å². The number of carbonyl (C=O) groups is 1. The molecule has 0 radical (unpaired) electrons. The molecule has 3 heterocycles. The summed E-state index contributed by atoms with van der Waals surface area (Å²) in [6.07, 6.45) is 3.86. The molecule has 31 heavy (non-hydrogen) atoms. The van der Waals surface area contributed by atoms with Gasteiger partial charge in [0.05, 0.1) is 28.7 Å². The van der Waals surface area contributed by atoms with Gasteiger partial charge in [0.15, 0.2) is 5.60 Å². The Morgan fingerprint density at radius 2 is 1.81 bits per heavy atom. The number of aromatic amines is 1. The molecule has 0 bridgehead atoms. The van der Waals surface area contributed by atoms with Crippen LogP contribution < -0.4 is 10.5 Å². The summed E-state index contributed by atoms with van der Waals surface area (Å²) in [5.41, 5.74) is 2.57. The van der Waals surface area contributed by atoms with Gasteiger partial charge in [-0.2, -0.15) is 5.10 Å². The number of benzene rings is 2. The van der Waals surface area contributed by atoms with Crippen molar-refractivity contribution in [3.63, 3.8) is 0 Å². The minimum absolute atomic E-state index is 0.172. The molecule has 1 amide bonds. The van der Waals surface area contributed by atoms with E-state index in [1.165, 1.54) is 0 Å². The van der Waals surface area contributed by atoms with E-state index in [9.17, 15) is 9.59 Å². The third-order valence-corrected chi connectivity index (χ3v) is 6.49. The number of aromatic nitrogens is 3. The quantitative estimate of drug-likeness (QED) is 0.405. The van der Waals surface area contributed by atoms with Gasteiger partial charge in [0.2, 0.25) is 0 Å². The van der Waals surface area contributed by atoms with Crippen LogP contribution in [0.1, 0.15) is 23.7 Å². The lowest BCUT2D eigenvalue weighted by Crippen LogP contribution is -2.36. The van der Waals surface area contributed by atoms with Crippen LogP contribution in [-0.2, 0) is 19.9 Å². The van der Waals surface area contributed by atoms with E-state index < -0.39 is 5.60 Å². The van der Waals surface area contributed by atoms with Crippen molar-refractivity contribution >= 4 is 51.1 Å². The molecular formula is C23H17IN4O3. The average Bonchev–Trinajstić information content (AvgIpc) is 3.03. The highest BCUT2D eigenvalue weighted by molar-refractivity contribution is 14.1. The molecule has 154 valence electrons. The summed E-state index contributed by atoms with van der Waals surface area (Å²) in [5.74, 6) is -0.172. The molecule has 4 aromatic rings. The summed E-state index contributed by atoms with van der Waals surface area (Å²) in [5, 5.41) is 8.20. The second-order valence-electron chi connectivity index (χ2n) is 7.54. The first-order valence-corrected chi connectivity index (χ1v) is 10.5. The number of nitrogens with zero attached hydrogens (tertiary/aromatic N) is 3. The van der Waals surface area contributed by atoms with E-state index in [2.05, 4.69) is 15.2 Å². The third-order valence-electron chi connectivity index (χ3n) is 5.61. The van der Waals surface area contributed by atoms with Crippen LogP contribution in [0.15, 0.2) is 71.8 Å². The van der Waals surface area contributed by atoms with Crippen molar-refractivity contribution in [2.45, 2.75) is 18.9 Å². The maximum Gasteiger partial charge on any atom is 0.272 e. The SMILES string of the molecule is C[C@@]1(OI)C(=O)N(c2cncc(Cc3n[nH]c(=O)c4ccccc34)c2)c2ccccc21.